The van der Waals surface area contributed by atoms with Crippen LogP contribution in [0.15, 0.2) is 54.6 Å². The number of benzene rings is 2. The lowest BCUT2D eigenvalue weighted by Crippen LogP contribution is -2.73. The van der Waals surface area contributed by atoms with Gasteiger partial charge in [0.1, 0.15) is 6.04 Å². The fraction of sp³-hybridized carbons (Fsp3) is 0.400. The van der Waals surface area contributed by atoms with Gasteiger partial charge in [0.05, 0.1) is 0 Å². The fourth-order valence-corrected chi connectivity index (χ4v) is 6.46. The van der Waals surface area contributed by atoms with Crippen LogP contribution in [0.3, 0.4) is 0 Å². The standard InChI is InChI=1S/C25H31N7O3/c26-25-23(35)32(17-11-5-2-6-12-17)20(21(33)29-27)24(25,22(34)30-28)18-13-7-8-14-19(18)31(25)15-16-9-3-1-4-10-16/h1,3-4,7-10,13-14,17,20H,2,5-6,11-12,15,26-28H2,(H,29,33)(H,30,34). The highest BCUT2D eigenvalue weighted by molar-refractivity contribution is 6.14. The molecule has 3 unspecified atom stereocenters. The van der Waals surface area contributed by atoms with Gasteiger partial charge in [-0.15, -0.1) is 0 Å². The van der Waals surface area contributed by atoms with Crippen LogP contribution in [-0.4, -0.2) is 40.4 Å². The molecule has 3 amide bonds. The number of hydrogen-bond acceptors (Lipinski definition) is 7. The average molecular weight is 478 g/mol. The van der Waals surface area contributed by atoms with Crippen LogP contribution in [0, 0.1) is 0 Å². The van der Waals surface area contributed by atoms with E-state index in [1.165, 1.54) is 4.90 Å². The molecule has 0 aromatic heterocycles. The summed E-state index contributed by atoms with van der Waals surface area (Å²) in [6.07, 6.45) is 4.33. The minimum absolute atomic E-state index is 0.238. The molecule has 5 rings (SSSR count). The summed E-state index contributed by atoms with van der Waals surface area (Å²) in [4.78, 5) is 45.0. The van der Waals surface area contributed by atoms with Crippen molar-refractivity contribution in [3.63, 3.8) is 0 Å². The smallest absolute Gasteiger partial charge is 0.265 e. The van der Waals surface area contributed by atoms with Crippen LogP contribution in [0.25, 0.3) is 0 Å². The second-order valence-electron chi connectivity index (χ2n) is 9.55. The molecule has 2 heterocycles. The highest BCUT2D eigenvalue weighted by atomic mass is 16.2. The molecule has 0 radical (unpaired) electrons. The molecule has 10 nitrogen and oxygen atoms in total. The van der Waals surface area contributed by atoms with Crippen molar-refractivity contribution in [3.8, 4) is 0 Å². The number of para-hydroxylation sites is 1. The number of fused-ring (bicyclic) bond motifs is 3. The first-order valence-electron chi connectivity index (χ1n) is 12.0. The van der Waals surface area contributed by atoms with E-state index in [-0.39, 0.29) is 12.6 Å². The maximum Gasteiger partial charge on any atom is 0.265 e. The zero-order valence-electron chi connectivity index (χ0n) is 19.4. The van der Waals surface area contributed by atoms with Gasteiger partial charge < -0.3 is 9.80 Å². The van der Waals surface area contributed by atoms with Gasteiger partial charge in [0.15, 0.2) is 11.1 Å². The van der Waals surface area contributed by atoms with Crippen LogP contribution in [-0.2, 0) is 26.3 Å². The molecule has 1 saturated heterocycles. The Morgan fingerprint density at radius 1 is 0.943 bits per heavy atom. The van der Waals surface area contributed by atoms with E-state index in [0.717, 1.165) is 37.7 Å². The number of carbonyl (C=O) groups excluding carboxylic acids is 3. The molecule has 3 aliphatic rings. The number of amides is 3. The van der Waals surface area contributed by atoms with Crippen molar-refractivity contribution in [2.75, 3.05) is 4.90 Å². The summed E-state index contributed by atoms with van der Waals surface area (Å²) >= 11 is 0. The molecule has 0 bridgehead atoms. The summed E-state index contributed by atoms with van der Waals surface area (Å²) < 4.78 is 0. The number of hydrazine groups is 2. The highest BCUT2D eigenvalue weighted by Crippen LogP contribution is 2.58. The van der Waals surface area contributed by atoms with E-state index >= 15 is 0 Å². The molecule has 1 aliphatic carbocycles. The second-order valence-corrected chi connectivity index (χ2v) is 9.55. The van der Waals surface area contributed by atoms with E-state index in [1.807, 2.05) is 42.5 Å². The minimum Gasteiger partial charge on any atom is -0.340 e. The van der Waals surface area contributed by atoms with Crippen LogP contribution in [0.2, 0.25) is 0 Å². The number of rotatable bonds is 5. The topological polar surface area (TPSA) is 160 Å². The SMILES string of the molecule is NNC(=O)C1N(C2CCCCC2)C(=O)C2(N)N(Cc3ccccc3)c3ccccc3C12C(=O)NN. The van der Waals surface area contributed by atoms with Crippen LogP contribution in [0.5, 0.6) is 0 Å². The minimum atomic E-state index is -1.90. The third kappa shape index (κ3) is 3.03. The lowest BCUT2D eigenvalue weighted by molar-refractivity contribution is -0.141. The maximum atomic E-state index is 14.5. The van der Waals surface area contributed by atoms with Crippen molar-refractivity contribution in [1.29, 1.82) is 0 Å². The number of likely N-dealkylation sites (tertiary alicyclic amines) is 1. The molecular formula is C25H31N7O3. The lowest BCUT2D eigenvalue weighted by Gasteiger charge is -2.40. The Hall–Kier alpha value is -3.47. The summed E-state index contributed by atoms with van der Waals surface area (Å²) in [6.45, 7) is 0.259. The van der Waals surface area contributed by atoms with Gasteiger partial charge in [0, 0.05) is 18.3 Å². The summed E-state index contributed by atoms with van der Waals surface area (Å²) in [7, 11) is 0. The average Bonchev–Trinajstić information content (AvgIpc) is 3.25. The lowest BCUT2D eigenvalue weighted by atomic mass is 9.68. The molecule has 184 valence electrons. The molecular weight excluding hydrogens is 446 g/mol. The van der Waals surface area contributed by atoms with Gasteiger partial charge in [-0.3, -0.25) is 31.0 Å². The summed E-state index contributed by atoms with van der Waals surface area (Å²) in [5.41, 5.74) is 9.83. The normalized spacial score (nSPS) is 28.0. The number of hydrogen-bond donors (Lipinski definition) is 5. The molecule has 10 heteroatoms. The van der Waals surface area contributed by atoms with E-state index in [1.54, 1.807) is 17.0 Å². The quantitative estimate of drug-likeness (QED) is 0.232. The molecule has 3 atom stereocenters. The largest absolute Gasteiger partial charge is 0.340 e. The second kappa shape index (κ2) is 8.63. The Balaban J connectivity index is 1.78. The third-order valence-corrected chi connectivity index (χ3v) is 7.93. The Kier molecular flexibility index (Phi) is 5.74. The van der Waals surface area contributed by atoms with E-state index in [9.17, 15) is 14.4 Å². The molecule has 2 fully saturated rings. The molecule has 2 aromatic carbocycles. The summed E-state index contributed by atoms with van der Waals surface area (Å²) in [5, 5.41) is 0. The van der Waals surface area contributed by atoms with Gasteiger partial charge in [-0.2, -0.15) is 0 Å². The van der Waals surface area contributed by atoms with Crippen molar-refractivity contribution in [2.24, 2.45) is 17.4 Å². The Labute approximate surface area is 203 Å². The predicted molar refractivity (Wildman–Crippen MR) is 130 cm³/mol. The maximum absolute atomic E-state index is 14.5. The first-order valence-corrected chi connectivity index (χ1v) is 12.0. The van der Waals surface area contributed by atoms with E-state index in [4.69, 9.17) is 17.4 Å². The van der Waals surface area contributed by atoms with Crippen molar-refractivity contribution in [2.45, 2.75) is 61.8 Å². The van der Waals surface area contributed by atoms with Crippen molar-refractivity contribution < 1.29 is 14.4 Å². The van der Waals surface area contributed by atoms with Crippen LogP contribution in [0.1, 0.15) is 43.2 Å². The molecule has 35 heavy (non-hydrogen) atoms. The zero-order valence-corrected chi connectivity index (χ0v) is 19.4. The Morgan fingerprint density at radius 2 is 1.60 bits per heavy atom. The van der Waals surface area contributed by atoms with E-state index in [0.29, 0.717) is 11.3 Å². The number of nitrogens with one attached hydrogen (secondary N) is 2. The highest BCUT2D eigenvalue weighted by Gasteiger charge is 2.80. The number of anilines is 1. The van der Waals surface area contributed by atoms with Gasteiger partial charge in [-0.25, -0.2) is 11.7 Å². The van der Waals surface area contributed by atoms with Crippen LogP contribution < -0.4 is 33.2 Å². The fourth-order valence-electron chi connectivity index (χ4n) is 6.46. The summed E-state index contributed by atoms with van der Waals surface area (Å²) in [6, 6.07) is 15.2. The number of nitrogens with zero attached hydrogens (tertiary/aromatic N) is 2. The van der Waals surface area contributed by atoms with Crippen LogP contribution in [0.4, 0.5) is 5.69 Å². The zero-order chi connectivity index (χ0) is 24.8. The van der Waals surface area contributed by atoms with Gasteiger partial charge in [0.25, 0.3) is 17.7 Å². The molecule has 2 aliphatic heterocycles. The van der Waals surface area contributed by atoms with Crippen molar-refractivity contribution >= 4 is 23.4 Å². The number of carbonyl (C=O) groups is 3. The number of nitrogens with two attached hydrogens (primary N) is 3. The van der Waals surface area contributed by atoms with E-state index < -0.39 is 34.8 Å². The molecule has 2 aromatic rings. The predicted octanol–water partition coefficient (Wildman–Crippen LogP) is 0.123. The van der Waals surface area contributed by atoms with Crippen molar-refractivity contribution in [1.82, 2.24) is 15.8 Å². The molecule has 8 N–H and O–H groups in total. The monoisotopic (exact) mass is 477 g/mol. The Bertz CT molecular complexity index is 1150. The van der Waals surface area contributed by atoms with Crippen molar-refractivity contribution in [3.05, 3.63) is 65.7 Å². The van der Waals surface area contributed by atoms with E-state index in [2.05, 4.69) is 10.9 Å². The van der Waals surface area contributed by atoms with Gasteiger partial charge in [-0.05, 0) is 30.0 Å². The van der Waals surface area contributed by atoms with Gasteiger partial charge in [0.2, 0.25) is 0 Å². The first-order chi connectivity index (χ1) is 16.9. The summed E-state index contributed by atoms with van der Waals surface area (Å²) in [5.74, 6) is 9.52. The Morgan fingerprint density at radius 3 is 2.26 bits per heavy atom. The molecule has 0 spiro atoms. The van der Waals surface area contributed by atoms with Gasteiger partial charge in [-0.1, -0.05) is 67.8 Å². The third-order valence-electron chi connectivity index (χ3n) is 7.93. The molecule has 1 saturated carbocycles. The first kappa shape index (κ1) is 23.3. The van der Waals surface area contributed by atoms with Crippen LogP contribution >= 0.6 is 0 Å². The van der Waals surface area contributed by atoms with Gasteiger partial charge >= 0.3 is 0 Å².